The molecule has 0 spiro atoms. The number of nitrogens with zero attached hydrogens (tertiary/aromatic N) is 1. The maximum atomic E-state index is 10.7. The molecular weight excluding hydrogens is 160 g/mol. The lowest BCUT2D eigenvalue weighted by atomic mass is 10.2. The van der Waals surface area contributed by atoms with Gasteiger partial charge in [0.1, 0.15) is 0 Å². The maximum Gasteiger partial charge on any atom is 0.303 e. The van der Waals surface area contributed by atoms with Crippen LogP contribution in [0.4, 0.5) is 0 Å². The topological polar surface area (TPSA) is 83.0 Å². The summed E-state index contributed by atoms with van der Waals surface area (Å²) >= 11 is 0. The number of rotatable bonds is 3. The third-order valence-corrected chi connectivity index (χ3v) is 1.35. The van der Waals surface area contributed by atoms with Crippen molar-refractivity contribution >= 4 is 5.97 Å². The third kappa shape index (κ3) is 2.53. The Hall–Kier alpha value is -1.65. The Balaban J connectivity index is 2.64. The van der Waals surface area contributed by atoms with Gasteiger partial charge in [0.15, 0.2) is 0 Å². The van der Waals surface area contributed by atoms with E-state index in [4.69, 9.17) is 5.11 Å². The molecule has 0 aliphatic rings. The highest BCUT2D eigenvalue weighted by Crippen LogP contribution is 1.96. The Bertz CT molecular complexity index is 331. The molecule has 0 amide bonds. The first-order valence-corrected chi connectivity index (χ1v) is 3.44. The number of carboxylic acids is 1. The minimum atomic E-state index is -0.879. The highest BCUT2D eigenvalue weighted by atomic mass is 16.4. The van der Waals surface area contributed by atoms with Gasteiger partial charge in [-0.3, -0.25) is 9.59 Å². The second kappa shape index (κ2) is 3.66. The number of aromatic nitrogens is 2. The SMILES string of the molecule is O=C(O)CCc1cn[nH]c(=O)c1. The van der Waals surface area contributed by atoms with Crippen LogP contribution in [-0.4, -0.2) is 21.3 Å². The number of H-pyrrole nitrogens is 1. The van der Waals surface area contributed by atoms with Crippen LogP contribution in [0.15, 0.2) is 17.1 Å². The van der Waals surface area contributed by atoms with E-state index in [1.807, 2.05) is 0 Å². The van der Waals surface area contributed by atoms with Crippen LogP contribution >= 0.6 is 0 Å². The molecule has 0 saturated heterocycles. The molecule has 1 heterocycles. The summed E-state index contributed by atoms with van der Waals surface area (Å²) in [6, 6.07) is 1.34. The van der Waals surface area contributed by atoms with Crippen LogP contribution in [0.2, 0.25) is 0 Å². The summed E-state index contributed by atoms with van der Waals surface area (Å²) < 4.78 is 0. The van der Waals surface area contributed by atoms with E-state index in [0.717, 1.165) is 0 Å². The number of hydrogen-bond acceptors (Lipinski definition) is 3. The molecule has 0 saturated carbocycles. The predicted molar refractivity (Wildman–Crippen MR) is 40.8 cm³/mol. The highest BCUT2D eigenvalue weighted by Gasteiger charge is 1.99. The van der Waals surface area contributed by atoms with Crippen molar-refractivity contribution in [3.63, 3.8) is 0 Å². The molecule has 0 radical (unpaired) electrons. The van der Waals surface area contributed by atoms with E-state index in [1.54, 1.807) is 0 Å². The Kier molecular flexibility index (Phi) is 2.57. The van der Waals surface area contributed by atoms with Crippen molar-refractivity contribution in [2.75, 3.05) is 0 Å². The van der Waals surface area contributed by atoms with Crippen molar-refractivity contribution in [1.29, 1.82) is 0 Å². The lowest BCUT2D eigenvalue weighted by Gasteiger charge is -1.94. The molecular formula is C7H8N2O3. The summed E-state index contributed by atoms with van der Waals surface area (Å²) in [5, 5.41) is 14.1. The van der Waals surface area contributed by atoms with Crippen LogP contribution in [0.1, 0.15) is 12.0 Å². The molecule has 0 unspecified atom stereocenters. The van der Waals surface area contributed by atoms with Gasteiger partial charge in [0, 0.05) is 12.5 Å². The van der Waals surface area contributed by atoms with Gasteiger partial charge in [-0.25, -0.2) is 5.10 Å². The molecule has 12 heavy (non-hydrogen) atoms. The van der Waals surface area contributed by atoms with Crippen molar-refractivity contribution in [3.8, 4) is 0 Å². The quantitative estimate of drug-likeness (QED) is 0.654. The van der Waals surface area contributed by atoms with Crippen LogP contribution in [0.3, 0.4) is 0 Å². The van der Waals surface area contributed by atoms with Gasteiger partial charge in [-0.2, -0.15) is 5.10 Å². The van der Waals surface area contributed by atoms with Crippen LogP contribution in [-0.2, 0) is 11.2 Å². The van der Waals surface area contributed by atoms with E-state index in [2.05, 4.69) is 10.2 Å². The average molecular weight is 168 g/mol. The van der Waals surface area contributed by atoms with Gasteiger partial charge in [0.05, 0.1) is 6.20 Å². The van der Waals surface area contributed by atoms with Crippen LogP contribution in [0, 0.1) is 0 Å². The van der Waals surface area contributed by atoms with Crippen molar-refractivity contribution in [2.45, 2.75) is 12.8 Å². The summed E-state index contributed by atoms with van der Waals surface area (Å²) in [7, 11) is 0. The Morgan fingerprint density at radius 3 is 3.00 bits per heavy atom. The van der Waals surface area contributed by atoms with E-state index in [0.29, 0.717) is 12.0 Å². The highest BCUT2D eigenvalue weighted by molar-refractivity contribution is 5.67. The predicted octanol–water partition coefficient (Wildman–Crippen LogP) is -0.213. The van der Waals surface area contributed by atoms with E-state index >= 15 is 0 Å². The van der Waals surface area contributed by atoms with Crippen molar-refractivity contribution in [2.24, 2.45) is 0 Å². The van der Waals surface area contributed by atoms with Crippen molar-refractivity contribution in [3.05, 3.63) is 28.2 Å². The standard InChI is InChI=1S/C7H8N2O3/c10-6-3-5(4-8-9-6)1-2-7(11)12/h3-4H,1-2H2,(H,9,10)(H,11,12). The molecule has 1 rings (SSSR count). The second-order valence-electron chi connectivity index (χ2n) is 2.35. The molecule has 0 fully saturated rings. The van der Waals surface area contributed by atoms with Crippen LogP contribution in [0.25, 0.3) is 0 Å². The molecule has 0 bridgehead atoms. The molecule has 5 nitrogen and oxygen atoms in total. The summed E-state index contributed by atoms with van der Waals surface area (Å²) in [6.45, 7) is 0. The summed E-state index contributed by atoms with van der Waals surface area (Å²) in [5.41, 5.74) is 0.332. The number of carboxylic acid groups (broad SMARTS) is 1. The zero-order valence-corrected chi connectivity index (χ0v) is 6.28. The summed E-state index contributed by atoms with van der Waals surface area (Å²) in [6.07, 6.45) is 1.81. The number of carbonyl (C=O) groups is 1. The lowest BCUT2D eigenvalue weighted by Crippen LogP contribution is -2.08. The third-order valence-electron chi connectivity index (χ3n) is 1.35. The Labute approximate surface area is 68.1 Å². The molecule has 0 atom stereocenters. The monoisotopic (exact) mass is 168 g/mol. The molecule has 1 aromatic rings. The van der Waals surface area contributed by atoms with Crippen molar-refractivity contribution < 1.29 is 9.90 Å². The molecule has 64 valence electrons. The summed E-state index contributed by atoms with van der Waals surface area (Å²) in [4.78, 5) is 20.8. The first-order valence-electron chi connectivity index (χ1n) is 3.44. The van der Waals surface area contributed by atoms with Gasteiger partial charge in [-0.1, -0.05) is 0 Å². The van der Waals surface area contributed by atoms with Crippen LogP contribution < -0.4 is 5.56 Å². The number of nitrogens with one attached hydrogen (secondary N) is 1. The second-order valence-corrected chi connectivity index (χ2v) is 2.35. The zero-order chi connectivity index (χ0) is 8.97. The smallest absolute Gasteiger partial charge is 0.303 e. The lowest BCUT2D eigenvalue weighted by molar-refractivity contribution is -0.136. The largest absolute Gasteiger partial charge is 0.481 e. The number of aliphatic carboxylic acids is 1. The minimum Gasteiger partial charge on any atom is -0.481 e. The molecule has 2 N–H and O–H groups in total. The Morgan fingerprint density at radius 1 is 1.67 bits per heavy atom. The molecule has 1 aromatic heterocycles. The van der Waals surface area contributed by atoms with Gasteiger partial charge in [0.25, 0.3) is 5.56 Å². The summed E-state index contributed by atoms with van der Waals surface area (Å²) in [5.74, 6) is -0.879. The van der Waals surface area contributed by atoms with Crippen LogP contribution in [0.5, 0.6) is 0 Å². The number of hydrogen-bond donors (Lipinski definition) is 2. The van der Waals surface area contributed by atoms with E-state index in [1.165, 1.54) is 12.3 Å². The minimum absolute atomic E-state index is 0.0190. The Morgan fingerprint density at radius 2 is 2.42 bits per heavy atom. The van der Waals surface area contributed by atoms with Gasteiger partial charge in [0.2, 0.25) is 0 Å². The fourth-order valence-corrected chi connectivity index (χ4v) is 0.805. The normalized spacial score (nSPS) is 9.67. The van der Waals surface area contributed by atoms with E-state index < -0.39 is 5.97 Å². The fourth-order valence-electron chi connectivity index (χ4n) is 0.805. The average Bonchev–Trinajstić information content (AvgIpc) is 2.01. The van der Waals surface area contributed by atoms with Crippen molar-refractivity contribution in [1.82, 2.24) is 10.2 Å². The maximum absolute atomic E-state index is 10.7. The van der Waals surface area contributed by atoms with E-state index in [-0.39, 0.29) is 12.0 Å². The fraction of sp³-hybridized carbons (Fsp3) is 0.286. The van der Waals surface area contributed by atoms with Gasteiger partial charge in [-0.05, 0) is 12.0 Å². The molecule has 0 aromatic carbocycles. The first kappa shape index (κ1) is 8.45. The molecule has 0 aliphatic heterocycles. The number of aryl methyl sites for hydroxylation is 1. The van der Waals surface area contributed by atoms with Gasteiger partial charge < -0.3 is 5.11 Å². The zero-order valence-electron chi connectivity index (χ0n) is 6.28. The van der Waals surface area contributed by atoms with Gasteiger partial charge in [-0.15, -0.1) is 0 Å². The van der Waals surface area contributed by atoms with Gasteiger partial charge >= 0.3 is 5.97 Å². The molecule has 5 heteroatoms. The molecule has 0 aliphatic carbocycles. The first-order chi connectivity index (χ1) is 5.68. The van der Waals surface area contributed by atoms with E-state index in [9.17, 15) is 9.59 Å². The number of aromatic amines is 1.